The molecule has 168 valence electrons. The van der Waals surface area contributed by atoms with Crippen LogP contribution >= 0.6 is 0 Å². The zero-order valence-electron chi connectivity index (χ0n) is 18.2. The summed E-state index contributed by atoms with van der Waals surface area (Å²) in [5.74, 6) is -0.312. The molecule has 0 radical (unpaired) electrons. The Bertz CT molecular complexity index is 1180. The fraction of sp³-hybridized carbons (Fsp3) is 0.304. The van der Waals surface area contributed by atoms with Crippen LogP contribution in [-0.4, -0.2) is 55.6 Å². The van der Waals surface area contributed by atoms with Gasteiger partial charge in [0.2, 0.25) is 10.0 Å². The van der Waals surface area contributed by atoms with Crippen LogP contribution in [0.5, 0.6) is 0 Å². The molecular formula is C23H27N5O3S. The van der Waals surface area contributed by atoms with Gasteiger partial charge in [-0.25, -0.2) is 13.1 Å². The van der Waals surface area contributed by atoms with Gasteiger partial charge in [-0.15, -0.1) is 0 Å². The molecule has 3 aromatic rings. The first-order valence-corrected chi connectivity index (χ1v) is 12.0. The van der Waals surface area contributed by atoms with Crippen molar-refractivity contribution >= 4 is 27.3 Å². The molecular weight excluding hydrogens is 426 g/mol. The van der Waals surface area contributed by atoms with Gasteiger partial charge in [-0.2, -0.15) is 9.40 Å². The standard InChI is InChI=1S/C23H27N5O3S/c1-26(2)22-12-11-20(32(30,31)27-14-4-3-5-15-27)17-21(22)25-23(29)18-7-9-19(10-8-18)28-16-6-13-24-28/h6-13,16-17H,3-5,14-15H2,1-2H3,(H,25,29). The Morgan fingerprint density at radius 2 is 1.75 bits per heavy atom. The van der Waals surface area contributed by atoms with E-state index in [2.05, 4.69) is 10.4 Å². The van der Waals surface area contributed by atoms with Crippen molar-refractivity contribution in [2.45, 2.75) is 24.2 Å². The summed E-state index contributed by atoms with van der Waals surface area (Å²) < 4.78 is 29.5. The highest BCUT2D eigenvalue weighted by Crippen LogP contribution is 2.30. The lowest BCUT2D eigenvalue weighted by Gasteiger charge is -2.26. The molecule has 0 spiro atoms. The number of carbonyl (C=O) groups excluding carboxylic acids is 1. The summed E-state index contributed by atoms with van der Waals surface area (Å²) in [6, 6.07) is 13.8. The summed E-state index contributed by atoms with van der Waals surface area (Å²) in [6.07, 6.45) is 6.30. The quantitative estimate of drug-likeness (QED) is 0.618. The van der Waals surface area contributed by atoms with Crippen LogP contribution in [0.4, 0.5) is 11.4 Å². The molecule has 0 unspecified atom stereocenters. The predicted molar refractivity (Wildman–Crippen MR) is 125 cm³/mol. The number of hydrogen-bond acceptors (Lipinski definition) is 5. The van der Waals surface area contributed by atoms with Crippen molar-refractivity contribution in [1.29, 1.82) is 0 Å². The van der Waals surface area contributed by atoms with Gasteiger partial charge in [0, 0.05) is 45.1 Å². The van der Waals surface area contributed by atoms with Crippen molar-refractivity contribution in [3.63, 3.8) is 0 Å². The molecule has 0 bridgehead atoms. The van der Waals surface area contributed by atoms with E-state index >= 15 is 0 Å². The van der Waals surface area contributed by atoms with Crippen LogP contribution in [0.2, 0.25) is 0 Å². The minimum Gasteiger partial charge on any atom is -0.376 e. The van der Waals surface area contributed by atoms with Crippen molar-refractivity contribution < 1.29 is 13.2 Å². The molecule has 1 fully saturated rings. The zero-order valence-corrected chi connectivity index (χ0v) is 19.0. The number of amides is 1. The topological polar surface area (TPSA) is 87.5 Å². The van der Waals surface area contributed by atoms with E-state index in [1.54, 1.807) is 41.2 Å². The normalized spacial score (nSPS) is 14.8. The number of piperidine rings is 1. The van der Waals surface area contributed by atoms with Crippen LogP contribution in [0.1, 0.15) is 29.6 Å². The van der Waals surface area contributed by atoms with Crippen LogP contribution in [-0.2, 0) is 10.0 Å². The number of nitrogens with zero attached hydrogens (tertiary/aromatic N) is 4. The molecule has 8 nitrogen and oxygen atoms in total. The molecule has 2 heterocycles. The summed E-state index contributed by atoms with van der Waals surface area (Å²) >= 11 is 0. The molecule has 2 aromatic carbocycles. The van der Waals surface area contributed by atoms with Gasteiger partial charge in [0.15, 0.2) is 0 Å². The van der Waals surface area contributed by atoms with E-state index in [4.69, 9.17) is 0 Å². The van der Waals surface area contributed by atoms with Gasteiger partial charge >= 0.3 is 0 Å². The van der Waals surface area contributed by atoms with Crippen LogP contribution in [0.15, 0.2) is 65.8 Å². The van der Waals surface area contributed by atoms with Crippen molar-refractivity contribution in [1.82, 2.24) is 14.1 Å². The smallest absolute Gasteiger partial charge is 0.255 e. The lowest BCUT2D eigenvalue weighted by molar-refractivity contribution is 0.102. The van der Waals surface area contributed by atoms with E-state index in [-0.39, 0.29) is 10.8 Å². The molecule has 1 aliphatic heterocycles. The Morgan fingerprint density at radius 1 is 1.03 bits per heavy atom. The molecule has 0 atom stereocenters. The Balaban J connectivity index is 1.60. The van der Waals surface area contributed by atoms with Crippen molar-refractivity contribution in [3.8, 4) is 5.69 Å². The highest BCUT2D eigenvalue weighted by atomic mass is 32.2. The second-order valence-corrected chi connectivity index (χ2v) is 9.93. The highest BCUT2D eigenvalue weighted by Gasteiger charge is 2.27. The van der Waals surface area contributed by atoms with Crippen LogP contribution in [0.3, 0.4) is 0 Å². The fourth-order valence-corrected chi connectivity index (χ4v) is 5.35. The predicted octanol–water partition coefficient (Wildman–Crippen LogP) is 3.37. The minimum absolute atomic E-state index is 0.189. The first kappa shape index (κ1) is 22.0. The maximum atomic E-state index is 13.1. The Morgan fingerprint density at radius 3 is 2.38 bits per heavy atom. The molecule has 1 N–H and O–H groups in total. The molecule has 0 aliphatic carbocycles. The summed E-state index contributed by atoms with van der Waals surface area (Å²) in [6.45, 7) is 1.06. The number of benzene rings is 2. The number of sulfonamides is 1. The van der Waals surface area contributed by atoms with Gasteiger partial charge in [0.25, 0.3) is 5.91 Å². The molecule has 1 aliphatic rings. The van der Waals surface area contributed by atoms with Crippen LogP contribution in [0, 0.1) is 0 Å². The molecule has 1 amide bonds. The number of hydrogen-bond donors (Lipinski definition) is 1. The van der Waals surface area contributed by atoms with Gasteiger partial charge in [-0.05, 0) is 61.4 Å². The number of nitrogens with one attached hydrogen (secondary N) is 1. The zero-order chi connectivity index (χ0) is 22.7. The third-order valence-corrected chi connectivity index (χ3v) is 7.44. The maximum absolute atomic E-state index is 13.1. The minimum atomic E-state index is -3.60. The highest BCUT2D eigenvalue weighted by molar-refractivity contribution is 7.89. The van der Waals surface area contributed by atoms with E-state index in [9.17, 15) is 13.2 Å². The van der Waals surface area contributed by atoms with E-state index in [1.165, 1.54) is 4.31 Å². The number of carbonyl (C=O) groups is 1. The molecule has 4 rings (SSSR count). The lowest BCUT2D eigenvalue weighted by Crippen LogP contribution is -2.35. The van der Waals surface area contributed by atoms with Crippen molar-refractivity contribution in [2.24, 2.45) is 0 Å². The Labute approximate surface area is 188 Å². The van der Waals surface area contributed by atoms with Gasteiger partial charge in [0.1, 0.15) is 0 Å². The Kier molecular flexibility index (Phi) is 6.29. The largest absolute Gasteiger partial charge is 0.376 e. The van der Waals surface area contributed by atoms with Crippen LogP contribution in [0.25, 0.3) is 5.69 Å². The molecule has 0 saturated carbocycles. The molecule has 1 saturated heterocycles. The summed E-state index contributed by atoms with van der Waals surface area (Å²) in [5.41, 5.74) is 2.49. The van der Waals surface area contributed by atoms with Crippen LogP contribution < -0.4 is 10.2 Å². The van der Waals surface area contributed by atoms with Gasteiger partial charge < -0.3 is 10.2 Å². The first-order valence-electron chi connectivity index (χ1n) is 10.6. The van der Waals surface area contributed by atoms with Gasteiger partial charge in [0.05, 0.1) is 22.0 Å². The monoisotopic (exact) mass is 453 g/mol. The second kappa shape index (κ2) is 9.13. The number of rotatable bonds is 6. The fourth-order valence-electron chi connectivity index (χ4n) is 3.80. The number of anilines is 2. The third kappa shape index (κ3) is 4.53. The second-order valence-electron chi connectivity index (χ2n) is 7.99. The first-order chi connectivity index (χ1) is 15.4. The third-order valence-electron chi connectivity index (χ3n) is 5.55. The molecule has 1 aromatic heterocycles. The summed E-state index contributed by atoms with van der Waals surface area (Å²) in [4.78, 5) is 15.0. The molecule has 9 heteroatoms. The maximum Gasteiger partial charge on any atom is 0.255 e. The van der Waals surface area contributed by atoms with Crippen molar-refractivity contribution in [3.05, 3.63) is 66.5 Å². The average Bonchev–Trinajstić information content (AvgIpc) is 3.34. The van der Waals surface area contributed by atoms with E-state index in [1.807, 2.05) is 43.4 Å². The van der Waals surface area contributed by atoms with Gasteiger partial charge in [-0.3, -0.25) is 4.79 Å². The number of aromatic nitrogens is 2. The van der Waals surface area contributed by atoms with E-state index < -0.39 is 10.0 Å². The molecule has 32 heavy (non-hydrogen) atoms. The summed E-state index contributed by atoms with van der Waals surface area (Å²) in [7, 11) is 0.0954. The van der Waals surface area contributed by atoms with Gasteiger partial charge in [-0.1, -0.05) is 6.42 Å². The lowest BCUT2D eigenvalue weighted by atomic mass is 10.1. The summed E-state index contributed by atoms with van der Waals surface area (Å²) in [5, 5.41) is 7.07. The SMILES string of the molecule is CN(C)c1ccc(S(=O)(=O)N2CCCCC2)cc1NC(=O)c1ccc(-n2cccn2)cc1. The van der Waals surface area contributed by atoms with Crippen molar-refractivity contribution in [2.75, 3.05) is 37.4 Å². The average molecular weight is 454 g/mol. The van der Waals surface area contributed by atoms with E-state index in [0.717, 1.165) is 30.6 Å². The Hall–Kier alpha value is -3.17. The van der Waals surface area contributed by atoms with E-state index in [0.29, 0.717) is 24.3 Å².